The monoisotopic (exact) mass is 397 g/mol. The second-order valence-corrected chi connectivity index (χ2v) is 7.01. The van der Waals surface area contributed by atoms with Gasteiger partial charge in [-0.15, -0.1) is 11.3 Å². The third-order valence-corrected chi connectivity index (χ3v) is 4.97. The molecule has 148 valence electrons. The van der Waals surface area contributed by atoms with Crippen molar-refractivity contribution in [2.75, 3.05) is 13.1 Å². The van der Waals surface area contributed by atoms with Gasteiger partial charge in [-0.05, 0) is 43.2 Å². The molecule has 2 aromatic rings. The molecular weight excluding hydrogens is 372 g/mol. The maximum atomic E-state index is 12.2. The average Bonchev–Trinajstić information content (AvgIpc) is 3.12. The van der Waals surface area contributed by atoms with Crippen LogP contribution in [-0.2, 0) is 13.0 Å². The average molecular weight is 397 g/mol. The van der Waals surface area contributed by atoms with Crippen LogP contribution in [0.4, 0.5) is 8.78 Å². The van der Waals surface area contributed by atoms with E-state index in [4.69, 9.17) is 0 Å². The van der Waals surface area contributed by atoms with Gasteiger partial charge in [0, 0.05) is 22.8 Å². The molecule has 0 saturated carbocycles. The summed E-state index contributed by atoms with van der Waals surface area (Å²) in [7, 11) is 0. The molecule has 0 fully saturated rings. The Bertz CT molecular complexity index is 720. The van der Waals surface area contributed by atoms with Gasteiger partial charge in [-0.25, -0.2) is 4.99 Å². The van der Waals surface area contributed by atoms with Crippen LogP contribution in [-0.4, -0.2) is 30.8 Å². The number of hydrogen-bond acceptors (Lipinski definition) is 4. The molecule has 0 spiro atoms. The lowest BCUT2D eigenvalue weighted by Crippen LogP contribution is -2.39. The van der Waals surface area contributed by atoms with Crippen LogP contribution in [0, 0.1) is 0 Å². The Morgan fingerprint density at radius 1 is 1.11 bits per heavy atom. The summed E-state index contributed by atoms with van der Waals surface area (Å²) >= 11 is 1.74. The van der Waals surface area contributed by atoms with Crippen molar-refractivity contribution in [3.05, 3.63) is 51.7 Å². The van der Waals surface area contributed by atoms with Gasteiger partial charge in [-0.2, -0.15) is 8.78 Å². The maximum Gasteiger partial charge on any atom is 0.387 e. The second-order valence-electron chi connectivity index (χ2n) is 5.76. The molecule has 1 heterocycles. The topological polar surface area (TPSA) is 65.9 Å². The van der Waals surface area contributed by atoms with Gasteiger partial charge in [0.25, 0.3) is 0 Å². The van der Waals surface area contributed by atoms with Gasteiger partial charge < -0.3 is 20.5 Å². The van der Waals surface area contributed by atoms with Gasteiger partial charge >= 0.3 is 6.61 Å². The molecule has 1 aromatic carbocycles. The maximum absolute atomic E-state index is 12.2. The van der Waals surface area contributed by atoms with Crippen molar-refractivity contribution < 1.29 is 18.6 Å². The van der Waals surface area contributed by atoms with Crippen molar-refractivity contribution in [1.82, 2.24) is 10.6 Å². The van der Waals surface area contributed by atoms with E-state index in [1.807, 2.05) is 6.92 Å². The second kappa shape index (κ2) is 10.8. The minimum Gasteiger partial charge on any atom is -0.435 e. The third-order valence-electron chi connectivity index (χ3n) is 3.76. The van der Waals surface area contributed by atoms with Crippen molar-refractivity contribution in [3.8, 4) is 5.75 Å². The summed E-state index contributed by atoms with van der Waals surface area (Å²) in [6.07, 6.45) is 0.211. The van der Waals surface area contributed by atoms with Gasteiger partial charge in [-0.3, -0.25) is 0 Å². The highest BCUT2D eigenvalue weighted by molar-refractivity contribution is 7.11. The standard InChI is InChI=1S/C19H25F2N3O2S/c1-3-15-9-10-16(27-15)11-23-19(22-4-2)24-12-17(25)13-5-7-14(8-6-13)26-18(20)21/h5-10,17-18,25H,3-4,11-12H2,1-2H3,(H2,22,23,24). The lowest BCUT2D eigenvalue weighted by molar-refractivity contribution is -0.0498. The predicted molar refractivity (Wildman–Crippen MR) is 105 cm³/mol. The Balaban J connectivity index is 1.90. The van der Waals surface area contributed by atoms with Crippen LogP contribution in [0.2, 0.25) is 0 Å². The smallest absolute Gasteiger partial charge is 0.387 e. The van der Waals surface area contributed by atoms with E-state index in [0.29, 0.717) is 24.6 Å². The van der Waals surface area contributed by atoms with Crippen LogP contribution >= 0.6 is 11.3 Å². The molecule has 0 amide bonds. The fraction of sp³-hybridized carbons (Fsp3) is 0.421. The molecule has 0 bridgehead atoms. The Morgan fingerprint density at radius 2 is 1.81 bits per heavy atom. The van der Waals surface area contributed by atoms with Crippen LogP contribution in [0.3, 0.4) is 0 Å². The van der Waals surface area contributed by atoms with Crippen LogP contribution in [0.15, 0.2) is 41.4 Å². The fourth-order valence-corrected chi connectivity index (χ4v) is 3.26. The van der Waals surface area contributed by atoms with Crippen molar-refractivity contribution in [1.29, 1.82) is 0 Å². The third kappa shape index (κ3) is 7.15. The zero-order valence-corrected chi connectivity index (χ0v) is 16.2. The number of alkyl halides is 2. The van der Waals surface area contributed by atoms with Crippen LogP contribution < -0.4 is 15.4 Å². The number of nitrogens with zero attached hydrogens (tertiary/aromatic N) is 1. The Kier molecular flexibility index (Phi) is 8.47. The summed E-state index contributed by atoms with van der Waals surface area (Å²) < 4.78 is 28.7. The number of nitrogens with one attached hydrogen (secondary N) is 2. The van der Waals surface area contributed by atoms with Crippen LogP contribution in [0.5, 0.6) is 5.75 Å². The van der Waals surface area contributed by atoms with Gasteiger partial charge in [0.05, 0.1) is 12.6 Å². The Labute approximate surface area is 162 Å². The molecule has 3 N–H and O–H groups in total. The SMILES string of the molecule is CCNC(=NCc1ccc(CC)s1)NCC(O)c1ccc(OC(F)F)cc1. The molecule has 2 rings (SSSR count). The van der Waals surface area contributed by atoms with E-state index in [9.17, 15) is 13.9 Å². The lowest BCUT2D eigenvalue weighted by Gasteiger charge is -2.16. The van der Waals surface area contributed by atoms with E-state index in [1.165, 1.54) is 21.9 Å². The normalized spacial score (nSPS) is 12.9. The van der Waals surface area contributed by atoms with Crippen LogP contribution in [0.25, 0.3) is 0 Å². The molecule has 0 saturated heterocycles. The summed E-state index contributed by atoms with van der Waals surface area (Å²) in [5.74, 6) is 0.673. The number of aryl methyl sites for hydroxylation is 1. The molecule has 27 heavy (non-hydrogen) atoms. The lowest BCUT2D eigenvalue weighted by atomic mass is 10.1. The first-order valence-corrected chi connectivity index (χ1v) is 9.66. The number of thiophene rings is 1. The van der Waals surface area contributed by atoms with Gasteiger partial charge in [0.15, 0.2) is 5.96 Å². The number of hydrogen-bond donors (Lipinski definition) is 3. The highest BCUT2D eigenvalue weighted by Gasteiger charge is 2.10. The summed E-state index contributed by atoms with van der Waals surface area (Å²) in [5, 5.41) is 16.5. The molecule has 0 aliphatic rings. The van der Waals surface area contributed by atoms with E-state index in [1.54, 1.807) is 23.5 Å². The highest BCUT2D eigenvalue weighted by atomic mass is 32.1. The molecule has 0 radical (unpaired) electrons. The Hall–Kier alpha value is -2.19. The van der Waals surface area contributed by atoms with Crippen molar-refractivity contribution in [2.45, 2.75) is 39.5 Å². The number of guanidine groups is 1. The Morgan fingerprint density at radius 3 is 2.41 bits per heavy atom. The number of benzene rings is 1. The minimum atomic E-state index is -2.86. The first kappa shape index (κ1) is 21.1. The minimum absolute atomic E-state index is 0.0613. The van der Waals surface area contributed by atoms with E-state index in [-0.39, 0.29) is 12.3 Å². The summed E-state index contributed by atoms with van der Waals surface area (Å²) in [6.45, 7) is 2.74. The molecular formula is C19H25F2N3O2S. The van der Waals surface area contributed by atoms with Crippen molar-refractivity contribution in [3.63, 3.8) is 0 Å². The van der Waals surface area contributed by atoms with Gasteiger partial charge in [-0.1, -0.05) is 19.1 Å². The summed E-state index contributed by atoms with van der Waals surface area (Å²) in [6, 6.07) is 10.1. The number of aliphatic hydroxyl groups is 1. The van der Waals surface area contributed by atoms with Crippen molar-refractivity contribution in [2.24, 2.45) is 4.99 Å². The first-order valence-electron chi connectivity index (χ1n) is 8.84. The first-order chi connectivity index (χ1) is 13.0. The largest absolute Gasteiger partial charge is 0.435 e. The van der Waals surface area contributed by atoms with Crippen LogP contribution in [0.1, 0.15) is 35.3 Å². The molecule has 0 aliphatic heterocycles. The molecule has 1 unspecified atom stereocenters. The van der Waals surface area contributed by atoms with Gasteiger partial charge in [0.1, 0.15) is 5.75 Å². The number of rotatable bonds is 9. The van der Waals surface area contributed by atoms with E-state index < -0.39 is 12.7 Å². The van der Waals surface area contributed by atoms with Gasteiger partial charge in [0.2, 0.25) is 0 Å². The number of ether oxygens (including phenoxy) is 1. The van der Waals surface area contributed by atoms with E-state index in [0.717, 1.165) is 6.42 Å². The number of halogens is 2. The number of aliphatic imine (C=N–C) groups is 1. The highest BCUT2D eigenvalue weighted by Crippen LogP contribution is 2.19. The summed E-state index contributed by atoms with van der Waals surface area (Å²) in [4.78, 5) is 7.04. The molecule has 5 nitrogen and oxygen atoms in total. The number of aliphatic hydroxyl groups excluding tert-OH is 1. The predicted octanol–water partition coefficient (Wildman–Crippen LogP) is 3.70. The molecule has 1 atom stereocenters. The summed E-state index contributed by atoms with van der Waals surface area (Å²) in [5.41, 5.74) is 0.603. The molecule has 8 heteroatoms. The quantitative estimate of drug-likeness (QED) is 0.446. The fourth-order valence-electron chi connectivity index (χ4n) is 2.38. The van der Waals surface area contributed by atoms with E-state index >= 15 is 0 Å². The molecule has 0 aliphatic carbocycles. The van der Waals surface area contributed by atoms with Crippen molar-refractivity contribution >= 4 is 17.3 Å². The van der Waals surface area contributed by atoms with E-state index in [2.05, 4.69) is 39.4 Å². The molecule has 1 aromatic heterocycles. The zero-order valence-electron chi connectivity index (χ0n) is 15.4. The zero-order chi connectivity index (χ0) is 19.6.